The van der Waals surface area contributed by atoms with Crippen LogP contribution in [0.5, 0.6) is 0 Å². The molecule has 0 saturated carbocycles. The van der Waals surface area contributed by atoms with E-state index in [2.05, 4.69) is 15.6 Å². The number of nitrogens with one attached hydrogen (secondary N) is 2. The van der Waals surface area contributed by atoms with Crippen molar-refractivity contribution in [2.45, 2.75) is 44.9 Å². The predicted octanol–water partition coefficient (Wildman–Crippen LogP) is 0.900. The molecule has 0 aromatic rings. The molecule has 0 rings (SSSR count). The molecule has 0 aromatic heterocycles. The van der Waals surface area contributed by atoms with Crippen LogP contribution in [0.15, 0.2) is 4.99 Å². The van der Waals surface area contributed by atoms with E-state index in [0.29, 0.717) is 32.6 Å². The van der Waals surface area contributed by atoms with Crippen LogP contribution < -0.4 is 27.8 Å². The number of carbonyl (C=O) groups is 2. The molecule has 30 heavy (non-hydrogen) atoms. The van der Waals surface area contributed by atoms with Gasteiger partial charge in [-0.15, -0.1) is 37.2 Å². The SMILES string of the molecule is Cl.Cl.Cl.NCCCNCCCCN(CC(=O)NCCCCCCN=C(N)N)C(=O)O. The van der Waals surface area contributed by atoms with Gasteiger partial charge in [-0.1, -0.05) is 12.8 Å². The number of nitrogens with zero attached hydrogens (tertiary/aromatic N) is 2. The monoisotopic (exact) mass is 495 g/mol. The number of hydrogen-bond donors (Lipinski definition) is 6. The number of unbranched alkanes of at least 4 members (excludes halogenated alkanes) is 4. The second-order valence-corrected chi connectivity index (χ2v) is 6.37. The molecule has 0 unspecified atom stereocenters. The van der Waals surface area contributed by atoms with Gasteiger partial charge in [-0.25, -0.2) is 4.79 Å². The Hall–Kier alpha value is -1.20. The maximum Gasteiger partial charge on any atom is 0.407 e. The Morgan fingerprint density at radius 1 is 0.867 bits per heavy atom. The highest BCUT2D eigenvalue weighted by Crippen LogP contribution is 2.00. The third-order valence-corrected chi connectivity index (χ3v) is 3.90. The van der Waals surface area contributed by atoms with Gasteiger partial charge in [0.15, 0.2) is 5.96 Å². The van der Waals surface area contributed by atoms with Gasteiger partial charge in [0.2, 0.25) is 5.91 Å². The Morgan fingerprint density at radius 2 is 1.47 bits per heavy atom. The van der Waals surface area contributed by atoms with Crippen molar-refractivity contribution in [3.63, 3.8) is 0 Å². The van der Waals surface area contributed by atoms with Crippen molar-refractivity contribution in [3.05, 3.63) is 0 Å². The van der Waals surface area contributed by atoms with Gasteiger partial charge in [0.25, 0.3) is 0 Å². The molecule has 0 atom stereocenters. The standard InChI is InChI=1S/C17H37N7O3.3ClH/c18-8-7-10-21-9-5-6-13-24(17(26)27)14-15(25)22-11-3-1-2-4-12-23-16(19)20;;;/h21H,1-14,18H2,(H,22,25)(H,26,27)(H4,19,20,23);3*1H. The number of nitrogens with two attached hydrogens (primary N) is 3. The van der Waals surface area contributed by atoms with Gasteiger partial charge < -0.3 is 32.9 Å². The number of aliphatic imine (C=N–C) groups is 1. The number of rotatable bonds is 17. The fourth-order valence-electron chi connectivity index (χ4n) is 2.40. The quantitative estimate of drug-likeness (QED) is 0.0985. The van der Waals surface area contributed by atoms with Crippen molar-refractivity contribution in [2.75, 3.05) is 45.8 Å². The summed E-state index contributed by atoms with van der Waals surface area (Å²) in [6, 6.07) is 0. The third-order valence-electron chi connectivity index (χ3n) is 3.90. The molecule has 0 bridgehead atoms. The summed E-state index contributed by atoms with van der Waals surface area (Å²) in [5.41, 5.74) is 15.9. The summed E-state index contributed by atoms with van der Waals surface area (Å²) in [7, 11) is 0. The van der Waals surface area contributed by atoms with E-state index in [0.717, 1.165) is 56.5 Å². The molecule has 0 radical (unpaired) electrons. The minimum atomic E-state index is -1.07. The van der Waals surface area contributed by atoms with E-state index in [4.69, 9.17) is 17.2 Å². The lowest BCUT2D eigenvalue weighted by atomic mass is 10.2. The van der Waals surface area contributed by atoms with Crippen LogP contribution in [0.2, 0.25) is 0 Å². The topological polar surface area (TPSA) is 172 Å². The van der Waals surface area contributed by atoms with Crippen LogP contribution in [0.3, 0.4) is 0 Å². The Labute approximate surface area is 198 Å². The van der Waals surface area contributed by atoms with Crippen molar-refractivity contribution in [1.29, 1.82) is 0 Å². The normalized spacial score (nSPS) is 9.37. The van der Waals surface area contributed by atoms with Crippen molar-refractivity contribution >= 4 is 55.2 Å². The molecule has 0 aliphatic carbocycles. The van der Waals surface area contributed by atoms with E-state index in [1.165, 1.54) is 0 Å². The molecule has 0 aromatic carbocycles. The fraction of sp³-hybridized carbons (Fsp3) is 0.824. The maximum atomic E-state index is 11.9. The Morgan fingerprint density at radius 3 is 2.07 bits per heavy atom. The molecule has 0 fully saturated rings. The summed E-state index contributed by atoms with van der Waals surface area (Å²) in [5, 5.41) is 15.2. The van der Waals surface area contributed by atoms with Crippen molar-refractivity contribution < 1.29 is 14.7 Å². The fourth-order valence-corrected chi connectivity index (χ4v) is 2.40. The summed E-state index contributed by atoms with van der Waals surface area (Å²) < 4.78 is 0. The van der Waals surface area contributed by atoms with E-state index in [1.54, 1.807) is 0 Å². The summed E-state index contributed by atoms with van der Waals surface area (Å²) >= 11 is 0. The van der Waals surface area contributed by atoms with Gasteiger partial charge in [-0.3, -0.25) is 14.7 Å². The van der Waals surface area contributed by atoms with E-state index >= 15 is 0 Å². The lowest BCUT2D eigenvalue weighted by Gasteiger charge is -2.18. The molecule has 0 aliphatic rings. The zero-order valence-corrected chi connectivity index (χ0v) is 20.0. The molecule has 9 N–H and O–H groups in total. The van der Waals surface area contributed by atoms with Gasteiger partial charge in [0, 0.05) is 19.6 Å². The van der Waals surface area contributed by atoms with E-state index in [-0.39, 0.29) is 55.6 Å². The number of hydrogen-bond acceptors (Lipinski definition) is 5. The highest BCUT2D eigenvalue weighted by atomic mass is 35.5. The Kier molecular flexibility index (Phi) is 31.2. The second kappa shape index (κ2) is 25.8. The highest BCUT2D eigenvalue weighted by Gasteiger charge is 2.15. The van der Waals surface area contributed by atoms with Crippen LogP contribution in [-0.2, 0) is 4.79 Å². The Balaban J connectivity index is -0.00000113. The van der Waals surface area contributed by atoms with Crippen molar-refractivity contribution in [1.82, 2.24) is 15.5 Å². The first kappa shape index (κ1) is 36.2. The molecule has 0 saturated heterocycles. The van der Waals surface area contributed by atoms with Crippen LogP contribution in [0.25, 0.3) is 0 Å². The molecule has 0 aliphatic heterocycles. The average molecular weight is 497 g/mol. The van der Waals surface area contributed by atoms with Crippen molar-refractivity contribution in [2.24, 2.45) is 22.2 Å². The lowest BCUT2D eigenvalue weighted by Crippen LogP contribution is -2.41. The first-order valence-corrected chi connectivity index (χ1v) is 9.68. The molecular weight excluding hydrogens is 457 g/mol. The number of carboxylic acid groups (broad SMARTS) is 1. The zero-order chi connectivity index (χ0) is 20.3. The molecular formula is C17H40Cl3N7O3. The lowest BCUT2D eigenvalue weighted by molar-refractivity contribution is -0.121. The van der Waals surface area contributed by atoms with Crippen LogP contribution in [0.4, 0.5) is 4.79 Å². The van der Waals surface area contributed by atoms with E-state index < -0.39 is 6.09 Å². The second-order valence-electron chi connectivity index (χ2n) is 6.37. The van der Waals surface area contributed by atoms with E-state index in [1.807, 2.05) is 0 Å². The number of halogens is 3. The molecule has 10 nitrogen and oxygen atoms in total. The zero-order valence-electron chi connectivity index (χ0n) is 17.5. The van der Waals surface area contributed by atoms with Gasteiger partial charge in [-0.05, 0) is 51.7 Å². The minimum absolute atomic E-state index is 0. The van der Waals surface area contributed by atoms with E-state index in [9.17, 15) is 14.7 Å². The van der Waals surface area contributed by atoms with Crippen LogP contribution in [0, 0.1) is 0 Å². The van der Waals surface area contributed by atoms with Gasteiger partial charge >= 0.3 is 6.09 Å². The minimum Gasteiger partial charge on any atom is -0.465 e. The van der Waals surface area contributed by atoms with Crippen LogP contribution in [0.1, 0.15) is 44.9 Å². The summed E-state index contributed by atoms with van der Waals surface area (Å²) in [5.74, 6) is -0.160. The number of amides is 2. The number of guanidine groups is 1. The molecule has 2 amide bonds. The maximum absolute atomic E-state index is 11.9. The average Bonchev–Trinajstić information content (AvgIpc) is 2.61. The smallest absolute Gasteiger partial charge is 0.407 e. The summed E-state index contributed by atoms with van der Waals surface area (Å²) in [4.78, 5) is 28.2. The first-order valence-electron chi connectivity index (χ1n) is 9.68. The first-order chi connectivity index (χ1) is 13.0. The molecule has 182 valence electrons. The Bertz CT molecular complexity index is 443. The summed E-state index contributed by atoms with van der Waals surface area (Å²) in [6.45, 7) is 3.74. The van der Waals surface area contributed by atoms with Crippen molar-refractivity contribution in [3.8, 4) is 0 Å². The van der Waals surface area contributed by atoms with Gasteiger partial charge in [0.05, 0.1) is 0 Å². The highest BCUT2D eigenvalue weighted by molar-refractivity contribution is 5.86. The van der Waals surface area contributed by atoms with Gasteiger partial charge in [-0.2, -0.15) is 0 Å². The predicted molar refractivity (Wildman–Crippen MR) is 129 cm³/mol. The third kappa shape index (κ3) is 24.8. The van der Waals surface area contributed by atoms with Gasteiger partial charge in [0.1, 0.15) is 6.54 Å². The summed E-state index contributed by atoms with van der Waals surface area (Å²) in [6.07, 6.45) is 5.11. The molecule has 13 heteroatoms. The van der Waals surface area contributed by atoms with Crippen LogP contribution in [-0.4, -0.2) is 73.8 Å². The number of carbonyl (C=O) groups excluding carboxylic acids is 1. The van der Waals surface area contributed by atoms with Crippen LogP contribution >= 0.6 is 37.2 Å². The largest absolute Gasteiger partial charge is 0.465 e. The molecule has 0 heterocycles. The molecule has 0 spiro atoms.